The van der Waals surface area contributed by atoms with E-state index >= 15 is 0 Å². The number of carbonyl (C=O) groups excluding carboxylic acids is 2. The quantitative estimate of drug-likeness (QED) is 0.607. The molecule has 4 nitrogen and oxygen atoms in total. The maximum Gasteiger partial charge on any atom is 0.254 e. The van der Waals surface area contributed by atoms with Gasteiger partial charge in [0, 0.05) is 12.1 Å². The van der Waals surface area contributed by atoms with Crippen molar-refractivity contribution in [3.63, 3.8) is 0 Å². The van der Waals surface area contributed by atoms with Gasteiger partial charge in [-0.3, -0.25) is 9.59 Å². The van der Waals surface area contributed by atoms with Crippen LogP contribution in [0.3, 0.4) is 0 Å². The van der Waals surface area contributed by atoms with E-state index in [0.29, 0.717) is 18.5 Å². The van der Waals surface area contributed by atoms with Crippen molar-refractivity contribution in [2.24, 2.45) is 0 Å². The highest BCUT2D eigenvalue weighted by molar-refractivity contribution is 6.01. The van der Waals surface area contributed by atoms with Crippen molar-refractivity contribution in [3.8, 4) is 0 Å². The topological polar surface area (TPSA) is 49.4 Å². The zero-order valence-electron chi connectivity index (χ0n) is 15.7. The Hall–Kier alpha value is -3.35. The number of nitrogens with one attached hydrogen (secondary N) is 1. The van der Waals surface area contributed by atoms with Crippen LogP contribution >= 0.6 is 0 Å². The number of benzene rings is 3. The molecule has 1 N–H and O–H groups in total. The lowest BCUT2D eigenvalue weighted by atomic mass is 10.1. The molecule has 0 spiro atoms. The molecule has 3 aromatic rings. The van der Waals surface area contributed by atoms with Gasteiger partial charge in [0.25, 0.3) is 5.91 Å². The summed E-state index contributed by atoms with van der Waals surface area (Å²) < 4.78 is 40.1. The number of rotatable bonds is 6. The minimum atomic E-state index is -1.67. The first-order valence-electron chi connectivity index (χ1n) is 9.12. The zero-order valence-corrected chi connectivity index (χ0v) is 15.7. The average molecular weight is 400 g/mol. The minimum absolute atomic E-state index is 0.305. The molecule has 0 aromatic heterocycles. The third-order valence-corrected chi connectivity index (χ3v) is 4.42. The third-order valence-electron chi connectivity index (χ3n) is 4.42. The highest BCUT2D eigenvalue weighted by atomic mass is 19.2. The van der Waals surface area contributed by atoms with E-state index in [4.69, 9.17) is 0 Å². The molecule has 0 radical (unpaired) electrons. The number of halogens is 3. The van der Waals surface area contributed by atoms with Gasteiger partial charge < -0.3 is 10.2 Å². The van der Waals surface area contributed by atoms with E-state index in [1.54, 1.807) is 12.1 Å². The fourth-order valence-electron chi connectivity index (χ4n) is 3.01. The summed E-state index contributed by atoms with van der Waals surface area (Å²) in [4.78, 5) is 26.5. The van der Waals surface area contributed by atoms with Crippen LogP contribution in [0.1, 0.15) is 23.7 Å². The first-order valence-corrected chi connectivity index (χ1v) is 9.12. The van der Waals surface area contributed by atoms with Crippen molar-refractivity contribution in [2.45, 2.75) is 13.3 Å². The Morgan fingerprint density at radius 3 is 2.38 bits per heavy atom. The van der Waals surface area contributed by atoms with Gasteiger partial charge in [0.05, 0.1) is 5.69 Å². The Morgan fingerprint density at radius 2 is 1.66 bits per heavy atom. The molecule has 0 saturated heterocycles. The van der Waals surface area contributed by atoms with Gasteiger partial charge >= 0.3 is 0 Å². The fourth-order valence-corrected chi connectivity index (χ4v) is 3.01. The van der Waals surface area contributed by atoms with Crippen molar-refractivity contribution in [1.29, 1.82) is 0 Å². The number of nitrogens with zero attached hydrogens (tertiary/aromatic N) is 1. The van der Waals surface area contributed by atoms with Crippen LogP contribution < -0.4 is 5.32 Å². The van der Waals surface area contributed by atoms with Gasteiger partial charge in [-0.1, -0.05) is 37.3 Å². The molecule has 0 aliphatic heterocycles. The first-order chi connectivity index (χ1) is 13.9. The lowest BCUT2D eigenvalue weighted by Gasteiger charge is -2.22. The molecule has 0 fully saturated rings. The number of amides is 2. The second kappa shape index (κ2) is 8.77. The molecule has 0 bridgehead atoms. The molecule has 3 aromatic carbocycles. The van der Waals surface area contributed by atoms with Gasteiger partial charge in [-0.05, 0) is 41.5 Å². The van der Waals surface area contributed by atoms with Gasteiger partial charge in [-0.2, -0.15) is 0 Å². The molecule has 0 saturated carbocycles. The van der Waals surface area contributed by atoms with E-state index < -0.39 is 29.0 Å². The summed E-state index contributed by atoms with van der Waals surface area (Å²) >= 11 is 0. The van der Waals surface area contributed by atoms with Gasteiger partial charge in [0.15, 0.2) is 17.5 Å². The highest BCUT2D eigenvalue weighted by Crippen LogP contribution is 2.20. The van der Waals surface area contributed by atoms with Crippen LogP contribution in [0.5, 0.6) is 0 Å². The van der Waals surface area contributed by atoms with E-state index in [-0.39, 0.29) is 12.5 Å². The summed E-state index contributed by atoms with van der Waals surface area (Å²) in [6.07, 6.45) is 0.603. The third kappa shape index (κ3) is 4.56. The molecule has 0 unspecified atom stereocenters. The lowest BCUT2D eigenvalue weighted by Crippen LogP contribution is -2.38. The number of hydrogen-bond donors (Lipinski definition) is 1. The average Bonchev–Trinajstić information content (AvgIpc) is 2.73. The summed E-state index contributed by atoms with van der Waals surface area (Å²) in [6.45, 7) is 1.81. The van der Waals surface area contributed by atoms with Crippen LogP contribution in [0.4, 0.5) is 18.9 Å². The molecule has 7 heteroatoms. The van der Waals surface area contributed by atoms with Crippen LogP contribution in [0, 0.1) is 17.5 Å². The van der Waals surface area contributed by atoms with Crippen LogP contribution in [-0.4, -0.2) is 29.8 Å². The number of fused-ring (bicyclic) bond motifs is 1. The zero-order chi connectivity index (χ0) is 21.0. The summed E-state index contributed by atoms with van der Waals surface area (Å²) in [5.74, 6) is -5.56. The van der Waals surface area contributed by atoms with E-state index in [2.05, 4.69) is 5.32 Å². The maximum atomic E-state index is 13.8. The van der Waals surface area contributed by atoms with Crippen molar-refractivity contribution in [2.75, 3.05) is 18.4 Å². The molecular weight excluding hydrogens is 381 g/mol. The monoisotopic (exact) mass is 400 g/mol. The molecule has 0 atom stereocenters. The van der Waals surface area contributed by atoms with Gasteiger partial charge in [0.2, 0.25) is 5.91 Å². The SMILES string of the molecule is CCCN(CC(=O)Nc1ccc(F)c(F)c1F)C(=O)c1ccc2ccccc2c1. The second-order valence-corrected chi connectivity index (χ2v) is 6.56. The van der Waals surface area contributed by atoms with E-state index in [1.807, 2.05) is 37.3 Å². The maximum absolute atomic E-state index is 13.8. The van der Waals surface area contributed by atoms with Crippen LogP contribution in [-0.2, 0) is 4.79 Å². The van der Waals surface area contributed by atoms with Gasteiger partial charge in [0.1, 0.15) is 6.54 Å². The summed E-state index contributed by atoms with van der Waals surface area (Å²) in [6, 6.07) is 14.5. The lowest BCUT2D eigenvalue weighted by molar-refractivity contribution is -0.116. The fraction of sp³-hybridized carbons (Fsp3) is 0.182. The standard InChI is InChI=1S/C22H19F3N2O2/c1-2-11-27(13-19(28)26-18-10-9-17(23)20(24)21(18)25)22(29)16-8-7-14-5-3-4-6-15(14)12-16/h3-10,12H,2,11,13H2,1H3,(H,26,28). The highest BCUT2D eigenvalue weighted by Gasteiger charge is 2.20. The Labute approximate surface area is 165 Å². The van der Waals surface area contributed by atoms with Crippen molar-refractivity contribution in [3.05, 3.63) is 77.6 Å². The van der Waals surface area contributed by atoms with E-state index in [9.17, 15) is 22.8 Å². The van der Waals surface area contributed by atoms with Gasteiger partial charge in [-0.25, -0.2) is 13.2 Å². The number of hydrogen-bond acceptors (Lipinski definition) is 2. The number of carbonyl (C=O) groups is 2. The Morgan fingerprint density at radius 1 is 0.931 bits per heavy atom. The predicted molar refractivity (Wildman–Crippen MR) is 105 cm³/mol. The Balaban J connectivity index is 1.77. The van der Waals surface area contributed by atoms with Crippen LogP contribution in [0.25, 0.3) is 10.8 Å². The first kappa shape index (κ1) is 20.4. The summed E-state index contributed by atoms with van der Waals surface area (Å²) in [5, 5.41) is 4.06. The Kier molecular flexibility index (Phi) is 6.16. The second-order valence-electron chi connectivity index (χ2n) is 6.56. The van der Waals surface area contributed by atoms with Crippen LogP contribution in [0.2, 0.25) is 0 Å². The normalized spacial score (nSPS) is 10.8. The molecule has 2 amide bonds. The molecular formula is C22H19F3N2O2. The Bertz CT molecular complexity index is 1070. The van der Waals surface area contributed by atoms with Crippen molar-refractivity contribution in [1.82, 2.24) is 4.90 Å². The van der Waals surface area contributed by atoms with Gasteiger partial charge in [-0.15, -0.1) is 0 Å². The molecule has 0 heterocycles. The summed E-state index contributed by atoms with van der Waals surface area (Å²) in [7, 11) is 0. The smallest absolute Gasteiger partial charge is 0.254 e. The number of anilines is 1. The minimum Gasteiger partial charge on any atom is -0.329 e. The molecule has 0 aliphatic carbocycles. The largest absolute Gasteiger partial charge is 0.329 e. The van der Waals surface area contributed by atoms with Crippen molar-refractivity contribution >= 4 is 28.3 Å². The van der Waals surface area contributed by atoms with E-state index in [1.165, 1.54) is 4.90 Å². The molecule has 0 aliphatic rings. The van der Waals surface area contributed by atoms with E-state index in [0.717, 1.165) is 22.9 Å². The molecule has 150 valence electrons. The molecule has 29 heavy (non-hydrogen) atoms. The van der Waals surface area contributed by atoms with Crippen LogP contribution in [0.15, 0.2) is 54.6 Å². The van der Waals surface area contributed by atoms with Crippen molar-refractivity contribution < 1.29 is 22.8 Å². The predicted octanol–water partition coefficient (Wildman–Crippen LogP) is 4.75. The molecule has 3 rings (SSSR count). The summed E-state index contributed by atoms with van der Waals surface area (Å²) in [5.41, 5.74) is -0.0625.